The predicted molar refractivity (Wildman–Crippen MR) is 87.7 cm³/mol. The van der Waals surface area contributed by atoms with E-state index in [4.69, 9.17) is 0 Å². The zero-order valence-electron chi connectivity index (χ0n) is 13.2. The quantitative estimate of drug-likeness (QED) is 0.570. The second-order valence-corrected chi connectivity index (χ2v) is 8.26. The summed E-state index contributed by atoms with van der Waals surface area (Å²) in [5.74, 6) is -0.738. The average molecular weight is 359 g/mol. The van der Waals surface area contributed by atoms with Crippen molar-refractivity contribution in [2.75, 3.05) is 5.33 Å². The molecule has 1 aliphatic carbocycles. The fraction of sp³-hybridized carbons (Fsp3) is 0.667. The molecule has 2 rings (SSSR count). The van der Waals surface area contributed by atoms with Crippen molar-refractivity contribution in [2.45, 2.75) is 52.9 Å². The Balaban J connectivity index is 2.08. The van der Waals surface area contributed by atoms with Gasteiger partial charge in [-0.15, -0.1) is 0 Å². The molecule has 0 bridgehead atoms. The molecule has 1 fully saturated rings. The van der Waals surface area contributed by atoms with Crippen LogP contribution in [0.5, 0.6) is 0 Å². The van der Waals surface area contributed by atoms with Gasteiger partial charge < -0.3 is 0 Å². The van der Waals surface area contributed by atoms with E-state index < -0.39 is 11.6 Å². The smallest absolute Gasteiger partial charge is 0.159 e. The molecule has 118 valence electrons. The van der Waals surface area contributed by atoms with Gasteiger partial charge in [0.15, 0.2) is 11.6 Å². The highest BCUT2D eigenvalue weighted by Crippen LogP contribution is 2.47. The van der Waals surface area contributed by atoms with Crippen LogP contribution >= 0.6 is 15.9 Å². The molecule has 1 aromatic carbocycles. The molecule has 1 saturated carbocycles. The molecule has 0 unspecified atom stereocenters. The molecule has 21 heavy (non-hydrogen) atoms. The van der Waals surface area contributed by atoms with Gasteiger partial charge in [-0.1, -0.05) is 42.8 Å². The maximum atomic E-state index is 13.4. The van der Waals surface area contributed by atoms with Gasteiger partial charge in [-0.2, -0.15) is 0 Å². The summed E-state index contributed by atoms with van der Waals surface area (Å²) in [6.07, 6.45) is 5.57. The van der Waals surface area contributed by atoms with Crippen molar-refractivity contribution in [3.63, 3.8) is 0 Å². The van der Waals surface area contributed by atoms with Crippen LogP contribution in [0.25, 0.3) is 0 Å². The Morgan fingerprint density at radius 1 is 1.14 bits per heavy atom. The number of hydrogen-bond acceptors (Lipinski definition) is 0. The van der Waals surface area contributed by atoms with E-state index in [-0.39, 0.29) is 5.41 Å². The lowest BCUT2D eigenvalue weighted by Crippen LogP contribution is -2.35. The van der Waals surface area contributed by atoms with Crippen molar-refractivity contribution >= 4 is 15.9 Å². The summed E-state index contributed by atoms with van der Waals surface area (Å²) in [4.78, 5) is 0. The number of alkyl halides is 1. The summed E-state index contributed by atoms with van der Waals surface area (Å²) >= 11 is 3.66. The first-order valence-corrected chi connectivity index (χ1v) is 8.88. The van der Waals surface area contributed by atoms with E-state index in [1.807, 2.05) is 0 Å². The van der Waals surface area contributed by atoms with Crippen LogP contribution in [0, 0.1) is 28.4 Å². The Labute approximate surface area is 135 Å². The topological polar surface area (TPSA) is 0 Å². The van der Waals surface area contributed by atoms with Crippen LogP contribution in [0.4, 0.5) is 8.78 Å². The zero-order valence-corrected chi connectivity index (χ0v) is 14.8. The first-order valence-electron chi connectivity index (χ1n) is 7.76. The van der Waals surface area contributed by atoms with E-state index in [0.29, 0.717) is 5.41 Å². The van der Waals surface area contributed by atoms with E-state index in [9.17, 15) is 8.78 Å². The molecule has 0 N–H and O–H groups in total. The number of benzene rings is 1. The van der Waals surface area contributed by atoms with Crippen molar-refractivity contribution in [3.8, 4) is 0 Å². The van der Waals surface area contributed by atoms with E-state index in [2.05, 4.69) is 36.7 Å². The van der Waals surface area contributed by atoms with Crippen LogP contribution in [0.3, 0.4) is 0 Å². The van der Waals surface area contributed by atoms with E-state index in [1.54, 1.807) is 6.07 Å². The van der Waals surface area contributed by atoms with E-state index in [1.165, 1.54) is 25.0 Å². The molecule has 0 amide bonds. The van der Waals surface area contributed by atoms with Gasteiger partial charge in [0.2, 0.25) is 0 Å². The Kier molecular flexibility index (Phi) is 5.12. The largest absolute Gasteiger partial charge is 0.204 e. The normalized spacial score (nSPS) is 26.9. The Morgan fingerprint density at radius 2 is 1.76 bits per heavy atom. The van der Waals surface area contributed by atoms with Crippen LogP contribution in [0.1, 0.15) is 52.0 Å². The molecule has 0 atom stereocenters. The maximum Gasteiger partial charge on any atom is 0.159 e. The monoisotopic (exact) mass is 358 g/mol. The molecule has 0 aliphatic heterocycles. The van der Waals surface area contributed by atoms with Gasteiger partial charge in [0, 0.05) is 5.33 Å². The van der Waals surface area contributed by atoms with Gasteiger partial charge >= 0.3 is 0 Å². The first-order chi connectivity index (χ1) is 9.76. The predicted octanol–water partition coefficient (Wildman–Crippen LogP) is 6.12. The molecule has 0 spiro atoms. The highest BCUT2D eigenvalue weighted by Gasteiger charge is 2.38. The molecule has 3 heteroatoms. The van der Waals surface area contributed by atoms with Crippen molar-refractivity contribution in [1.82, 2.24) is 0 Å². The third-order valence-corrected chi connectivity index (χ3v) is 6.31. The van der Waals surface area contributed by atoms with Gasteiger partial charge in [-0.05, 0) is 66.5 Å². The summed E-state index contributed by atoms with van der Waals surface area (Å²) in [5, 5.41) is 0.926. The summed E-state index contributed by atoms with van der Waals surface area (Å²) in [5.41, 5.74) is 1.45. The van der Waals surface area contributed by atoms with E-state index in [0.717, 1.165) is 36.1 Å². The molecule has 1 aromatic rings. The van der Waals surface area contributed by atoms with Crippen molar-refractivity contribution in [1.29, 1.82) is 0 Å². The standard InChI is InChI=1S/C18H25BrF2/c1-17(2,3)14-6-8-18(12-19,9-7-14)11-13-4-5-15(20)16(21)10-13/h4-5,10,14H,6-9,11-12H2,1-3H3. The van der Waals surface area contributed by atoms with Crippen LogP contribution in [0.15, 0.2) is 18.2 Å². The Hall–Kier alpha value is -0.440. The SMILES string of the molecule is CC(C)(C)C1CCC(CBr)(Cc2ccc(F)c(F)c2)CC1. The summed E-state index contributed by atoms with van der Waals surface area (Å²) in [7, 11) is 0. The van der Waals surface area contributed by atoms with Crippen LogP contribution in [-0.2, 0) is 6.42 Å². The van der Waals surface area contributed by atoms with E-state index >= 15 is 0 Å². The second-order valence-electron chi connectivity index (χ2n) is 7.70. The fourth-order valence-electron chi connectivity index (χ4n) is 3.54. The highest BCUT2D eigenvalue weighted by molar-refractivity contribution is 9.09. The minimum absolute atomic E-state index is 0.187. The van der Waals surface area contributed by atoms with Gasteiger partial charge in [-0.25, -0.2) is 8.78 Å². The molecule has 0 nitrogen and oxygen atoms in total. The lowest BCUT2D eigenvalue weighted by atomic mass is 9.63. The molecule has 0 heterocycles. The summed E-state index contributed by atoms with van der Waals surface area (Å²) in [6.45, 7) is 6.94. The lowest BCUT2D eigenvalue weighted by molar-refractivity contribution is 0.103. The number of hydrogen-bond donors (Lipinski definition) is 0. The third kappa shape index (κ3) is 4.06. The van der Waals surface area contributed by atoms with Crippen LogP contribution in [-0.4, -0.2) is 5.33 Å². The Morgan fingerprint density at radius 3 is 2.24 bits per heavy atom. The van der Waals surface area contributed by atoms with Crippen LogP contribution < -0.4 is 0 Å². The van der Waals surface area contributed by atoms with Crippen LogP contribution in [0.2, 0.25) is 0 Å². The first kappa shape index (κ1) is 16.9. The fourth-order valence-corrected chi connectivity index (χ4v) is 4.30. The summed E-state index contributed by atoms with van der Waals surface area (Å²) in [6, 6.07) is 4.32. The minimum atomic E-state index is -0.761. The molecule has 0 saturated heterocycles. The second kappa shape index (κ2) is 6.36. The minimum Gasteiger partial charge on any atom is -0.204 e. The lowest BCUT2D eigenvalue weighted by Gasteiger charge is -2.43. The highest BCUT2D eigenvalue weighted by atomic mass is 79.9. The molecule has 0 aromatic heterocycles. The van der Waals surface area contributed by atoms with Crippen molar-refractivity contribution in [3.05, 3.63) is 35.4 Å². The summed E-state index contributed by atoms with van der Waals surface area (Å²) < 4.78 is 26.4. The van der Waals surface area contributed by atoms with Gasteiger partial charge in [-0.3, -0.25) is 0 Å². The molecular formula is C18H25BrF2. The van der Waals surface area contributed by atoms with Gasteiger partial charge in [0.25, 0.3) is 0 Å². The Bertz CT molecular complexity index is 482. The molecule has 0 radical (unpaired) electrons. The molecule has 1 aliphatic rings. The number of rotatable bonds is 3. The van der Waals surface area contributed by atoms with Crippen molar-refractivity contribution in [2.24, 2.45) is 16.7 Å². The van der Waals surface area contributed by atoms with Crippen molar-refractivity contribution < 1.29 is 8.78 Å². The molecular weight excluding hydrogens is 334 g/mol. The maximum absolute atomic E-state index is 13.4. The van der Waals surface area contributed by atoms with Gasteiger partial charge in [0.1, 0.15) is 0 Å². The average Bonchev–Trinajstić information content (AvgIpc) is 2.42. The number of halogens is 3. The third-order valence-electron chi connectivity index (χ3n) is 5.12. The zero-order chi connectivity index (χ0) is 15.7. The van der Waals surface area contributed by atoms with Gasteiger partial charge in [0.05, 0.1) is 0 Å².